The van der Waals surface area contributed by atoms with Crippen molar-refractivity contribution in [1.29, 1.82) is 10.5 Å². The second kappa shape index (κ2) is 8.27. The molecule has 150 valence electrons. The molecular formula is C24H15N3O3S. The molecule has 0 aliphatic carbocycles. The summed E-state index contributed by atoms with van der Waals surface area (Å²) in [6, 6.07) is 22.0. The summed E-state index contributed by atoms with van der Waals surface area (Å²) in [4.78, 5) is 27.2. The average Bonchev–Trinajstić information content (AvgIpc) is 3.20. The molecule has 2 aromatic carbocycles. The molecular weight excluding hydrogens is 410 g/mol. The molecule has 0 aliphatic rings. The van der Waals surface area contributed by atoms with Gasteiger partial charge in [0.05, 0.1) is 17.9 Å². The maximum absolute atomic E-state index is 13.7. The van der Waals surface area contributed by atoms with Crippen molar-refractivity contribution in [3.63, 3.8) is 0 Å². The molecule has 0 amide bonds. The fourth-order valence-corrected chi connectivity index (χ4v) is 4.58. The largest absolute Gasteiger partial charge is 0.462 e. The molecule has 2 aromatic heterocycles. The highest BCUT2D eigenvalue weighted by atomic mass is 32.1. The van der Waals surface area contributed by atoms with Crippen molar-refractivity contribution in [1.82, 2.24) is 4.40 Å². The Hall–Kier alpha value is -4.20. The number of esters is 1. The zero-order chi connectivity index (χ0) is 22.0. The van der Waals surface area contributed by atoms with Crippen molar-refractivity contribution < 1.29 is 9.53 Å². The summed E-state index contributed by atoms with van der Waals surface area (Å²) >= 11 is 1.05. The van der Waals surface area contributed by atoms with Crippen LogP contribution in [0.4, 0.5) is 0 Å². The lowest BCUT2D eigenvalue weighted by Gasteiger charge is -2.13. The smallest absolute Gasteiger partial charge is 0.344 e. The van der Waals surface area contributed by atoms with Crippen LogP contribution in [-0.4, -0.2) is 17.0 Å². The van der Waals surface area contributed by atoms with Gasteiger partial charge in [-0.3, -0.25) is 9.20 Å². The van der Waals surface area contributed by atoms with Crippen molar-refractivity contribution in [2.75, 3.05) is 6.61 Å². The Morgan fingerprint density at radius 3 is 2.16 bits per heavy atom. The van der Waals surface area contributed by atoms with Crippen LogP contribution in [0, 0.1) is 22.7 Å². The molecule has 0 saturated carbocycles. The number of ether oxygens (including phenoxy) is 1. The SMILES string of the molecule is CCOC(=O)c1c(-c2ccccc2)c(C#N)c2sc(C#N)c(-c3ccccc3)n2c1=O. The van der Waals surface area contributed by atoms with E-state index in [4.69, 9.17) is 4.74 Å². The lowest BCUT2D eigenvalue weighted by atomic mass is 9.96. The minimum absolute atomic E-state index is 0.0791. The predicted octanol–water partition coefficient (Wildman–Crippen LogP) is 4.62. The quantitative estimate of drug-likeness (QED) is 0.445. The van der Waals surface area contributed by atoms with Crippen molar-refractivity contribution in [2.24, 2.45) is 0 Å². The number of aromatic nitrogens is 1. The number of benzene rings is 2. The molecule has 0 bridgehead atoms. The first-order valence-electron chi connectivity index (χ1n) is 9.46. The van der Waals surface area contributed by atoms with Gasteiger partial charge in [-0.25, -0.2) is 4.79 Å². The number of fused-ring (bicyclic) bond motifs is 1. The third-order valence-electron chi connectivity index (χ3n) is 4.77. The van der Waals surface area contributed by atoms with E-state index in [1.165, 1.54) is 4.40 Å². The van der Waals surface area contributed by atoms with E-state index in [0.29, 0.717) is 21.7 Å². The minimum atomic E-state index is -0.805. The van der Waals surface area contributed by atoms with E-state index >= 15 is 0 Å². The van der Waals surface area contributed by atoms with E-state index < -0.39 is 11.5 Å². The number of carbonyl (C=O) groups is 1. The van der Waals surface area contributed by atoms with Crippen LogP contribution in [0.15, 0.2) is 65.5 Å². The van der Waals surface area contributed by atoms with Crippen LogP contribution in [0.3, 0.4) is 0 Å². The first-order valence-corrected chi connectivity index (χ1v) is 10.3. The lowest BCUT2D eigenvalue weighted by Crippen LogP contribution is -2.26. The molecule has 6 nitrogen and oxygen atoms in total. The van der Waals surface area contributed by atoms with Gasteiger partial charge in [0.2, 0.25) is 0 Å². The minimum Gasteiger partial charge on any atom is -0.462 e. The van der Waals surface area contributed by atoms with Gasteiger partial charge in [-0.05, 0) is 12.5 Å². The number of hydrogen-bond acceptors (Lipinski definition) is 6. The number of nitriles is 2. The molecule has 0 aliphatic heterocycles. The van der Waals surface area contributed by atoms with E-state index in [2.05, 4.69) is 12.1 Å². The maximum Gasteiger partial charge on any atom is 0.344 e. The molecule has 0 N–H and O–H groups in total. The number of pyridine rings is 1. The third-order valence-corrected chi connectivity index (χ3v) is 5.84. The van der Waals surface area contributed by atoms with Gasteiger partial charge >= 0.3 is 5.97 Å². The van der Waals surface area contributed by atoms with Crippen LogP contribution >= 0.6 is 11.3 Å². The molecule has 0 saturated heterocycles. The molecule has 31 heavy (non-hydrogen) atoms. The van der Waals surface area contributed by atoms with Gasteiger partial charge < -0.3 is 4.74 Å². The summed E-state index contributed by atoms with van der Waals surface area (Å²) < 4.78 is 6.46. The Labute approximate surface area is 181 Å². The van der Waals surface area contributed by atoms with Gasteiger partial charge in [0.15, 0.2) is 0 Å². The normalized spacial score (nSPS) is 10.4. The van der Waals surface area contributed by atoms with E-state index in [-0.39, 0.29) is 28.2 Å². The number of hydrogen-bond donors (Lipinski definition) is 0. The molecule has 0 spiro atoms. The van der Waals surface area contributed by atoms with Crippen LogP contribution in [0.1, 0.15) is 27.7 Å². The zero-order valence-corrected chi connectivity index (χ0v) is 17.3. The number of carbonyl (C=O) groups excluding carboxylic acids is 1. The van der Waals surface area contributed by atoms with Gasteiger partial charge in [-0.2, -0.15) is 10.5 Å². The van der Waals surface area contributed by atoms with Gasteiger partial charge in [-0.15, -0.1) is 11.3 Å². The highest BCUT2D eigenvalue weighted by Crippen LogP contribution is 2.37. The third kappa shape index (κ3) is 3.28. The molecule has 0 atom stereocenters. The van der Waals surface area contributed by atoms with Crippen molar-refractivity contribution in [3.8, 4) is 34.5 Å². The Kier molecular flexibility index (Phi) is 5.36. The van der Waals surface area contributed by atoms with E-state index in [9.17, 15) is 20.1 Å². The summed E-state index contributed by atoms with van der Waals surface area (Å²) in [7, 11) is 0. The van der Waals surface area contributed by atoms with E-state index in [1.807, 2.05) is 6.07 Å². The topological polar surface area (TPSA) is 95.4 Å². The second-order valence-electron chi connectivity index (χ2n) is 6.53. The molecule has 4 rings (SSSR count). The molecule has 0 radical (unpaired) electrons. The van der Waals surface area contributed by atoms with Crippen LogP contribution < -0.4 is 5.56 Å². The highest BCUT2D eigenvalue weighted by molar-refractivity contribution is 7.18. The predicted molar refractivity (Wildman–Crippen MR) is 118 cm³/mol. The maximum atomic E-state index is 13.7. The second-order valence-corrected chi connectivity index (χ2v) is 7.53. The van der Waals surface area contributed by atoms with Gasteiger partial charge in [0.25, 0.3) is 5.56 Å². The van der Waals surface area contributed by atoms with Crippen molar-refractivity contribution >= 4 is 22.1 Å². The Morgan fingerprint density at radius 1 is 1.00 bits per heavy atom. The number of thiazole rings is 1. The monoisotopic (exact) mass is 425 g/mol. The van der Waals surface area contributed by atoms with Gasteiger partial charge in [0.1, 0.15) is 27.4 Å². The molecule has 2 heterocycles. The Balaban J connectivity index is 2.24. The first-order chi connectivity index (χ1) is 15.1. The van der Waals surface area contributed by atoms with E-state index in [0.717, 1.165) is 11.3 Å². The summed E-state index contributed by atoms with van der Waals surface area (Å²) in [5, 5.41) is 19.8. The van der Waals surface area contributed by atoms with E-state index in [1.54, 1.807) is 61.5 Å². The summed E-state index contributed by atoms with van der Waals surface area (Å²) in [5.41, 5.74) is 1.07. The number of nitrogens with zero attached hydrogens (tertiary/aromatic N) is 3. The first kappa shape index (κ1) is 20.1. The van der Waals surface area contributed by atoms with Crippen LogP contribution in [-0.2, 0) is 4.74 Å². The van der Waals surface area contributed by atoms with Crippen molar-refractivity contribution in [2.45, 2.75) is 6.92 Å². The lowest BCUT2D eigenvalue weighted by molar-refractivity contribution is 0.0525. The van der Waals surface area contributed by atoms with Gasteiger partial charge in [0, 0.05) is 11.1 Å². The van der Waals surface area contributed by atoms with Gasteiger partial charge in [-0.1, -0.05) is 60.7 Å². The fourth-order valence-electron chi connectivity index (χ4n) is 3.52. The molecule has 0 unspecified atom stereocenters. The Morgan fingerprint density at radius 2 is 1.61 bits per heavy atom. The number of rotatable bonds is 4. The average molecular weight is 425 g/mol. The fraction of sp³-hybridized carbons (Fsp3) is 0.0833. The summed E-state index contributed by atoms with van der Waals surface area (Å²) in [6.07, 6.45) is 0. The Bertz CT molecular complexity index is 1440. The summed E-state index contributed by atoms with van der Waals surface area (Å²) in [6.45, 7) is 1.73. The van der Waals surface area contributed by atoms with Crippen LogP contribution in [0.2, 0.25) is 0 Å². The van der Waals surface area contributed by atoms with Crippen LogP contribution in [0.25, 0.3) is 27.2 Å². The highest BCUT2D eigenvalue weighted by Gasteiger charge is 2.29. The standard InChI is InChI=1S/C24H15N3O3S/c1-2-30-24(29)20-19(15-9-5-3-6-10-15)17(13-25)23-27(22(20)28)21(18(14-26)31-23)16-11-7-4-8-12-16/h3-12H,2H2,1H3. The summed E-state index contributed by atoms with van der Waals surface area (Å²) in [5.74, 6) is -0.805. The molecule has 7 heteroatoms. The zero-order valence-electron chi connectivity index (χ0n) is 16.5. The van der Waals surface area contributed by atoms with Crippen molar-refractivity contribution in [3.05, 3.63) is 87.0 Å². The van der Waals surface area contributed by atoms with Crippen LogP contribution in [0.5, 0.6) is 0 Å². The molecule has 0 fully saturated rings. The molecule has 4 aromatic rings.